The first kappa shape index (κ1) is 14.3. The molecule has 0 spiro atoms. The summed E-state index contributed by atoms with van der Waals surface area (Å²) in [5.74, 6) is -3.50. The first-order valence-corrected chi connectivity index (χ1v) is 4.16. The van der Waals surface area contributed by atoms with Gasteiger partial charge in [0.25, 0.3) is 10.1 Å². The number of carboxylic acids is 2. The Bertz CT molecular complexity index is 294. The third kappa shape index (κ3) is 5.11. The third-order valence-corrected chi connectivity index (χ3v) is 2.08. The lowest BCUT2D eigenvalue weighted by atomic mass is 10.3. The van der Waals surface area contributed by atoms with E-state index in [1.807, 2.05) is 0 Å². The molecule has 9 heteroatoms. The molecule has 0 amide bonds. The lowest BCUT2D eigenvalue weighted by molar-refractivity contribution is -0.143. The van der Waals surface area contributed by atoms with Crippen LogP contribution in [0.4, 0.5) is 0 Å². The molecule has 0 aliphatic carbocycles. The summed E-state index contributed by atoms with van der Waals surface area (Å²) >= 11 is 0. The SMILES string of the molecule is O=C(O)CC(C(=O)O)S(=O)(=O)O.[NH4+]. The Balaban J connectivity index is 0. The molecular formula is C4H10NO7S+. The average molecular weight is 216 g/mol. The molecule has 78 valence electrons. The molecule has 0 fully saturated rings. The molecular weight excluding hydrogens is 206 g/mol. The van der Waals surface area contributed by atoms with E-state index < -0.39 is 33.7 Å². The molecule has 0 saturated carbocycles. The van der Waals surface area contributed by atoms with Crippen molar-refractivity contribution in [2.45, 2.75) is 11.7 Å². The molecule has 1 unspecified atom stereocenters. The summed E-state index contributed by atoms with van der Waals surface area (Å²) in [7, 11) is -4.84. The number of carboxylic acid groups (broad SMARTS) is 2. The van der Waals surface area contributed by atoms with Crippen molar-refractivity contribution in [2.75, 3.05) is 0 Å². The van der Waals surface area contributed by atoms with Crippen LogP contribution in [0.2, 0.25) is 0 Å². The highest BCUT2D eigenvalue weighted by molar-refractivity contribution is 7.87. The summed E-state index contributed by atoms with van der Waals surface area (Å²) in [4.78, 5) is 20.0. The monoisotopic (exact) mass is 216 g/mol. The van der Waals surface area contributed by atoms with Crippen LogP contribution in [0.1, 0.15) is 6.42 Å². The quantitative estimate of drug-likeness (QED) is 0.445. The third-order valence-electron chi connectivity index (χ3n) is 0.995. The standard InChI is InChI=1S/C4H6O7S.H3N/c5-3(6)1-2(4(7)8)12(9,10)11;/h2H,1H2,(H,5,6)(H,7,8)(H,9,10,11);1H3/p+1. The molecule has 13 heavy (non-hydrogen) atoms. The van der Waals surface area contributed by atoms with Gasteiger partial charge in [0.15, 0.2) is 5.25 Å². The summed E-state index contributed by atoms with van der Waals surface area (Å²) < 4.78 is 28.7. The summed E-state index contributed by atoms with van der Waals surface area (Å²) in [6, 6.07) is 0. The zero-order chi connectivity index (χ0) is 9.94. The van der Waals surface area contributed by atoms with E-state index in [1.165, 1.54) is 0 Å². The Kier molecular flexibility index (Phi) is 5.23. The molecule has 0 aliphatic rings. The number of quaternary nitrogens is 1. The van der Waals surface area contributed by atoms with Gasteiger partial charge in [-0.3, -0.25) is 14.1 Å². The number of carbonyl (C=O) groups is 2. The van der Waals surface area contributed by atoms with E-state index in [9.17, 15) is 18.0 Å². The fourth-order valence-corrected chi connectivity index (χ4v) is 1.09. The molecule has 8 nitrogen and oxygen atoms in total. The van der Waals surface area contributed by atoms with E-state index in [1.54, 1.807) is 0 Å². The Labute approximate surface area is 73.5 Å². The van der Waals surface area contributed by atoms with Crippen molar-refractivity contribution in [3.63, 3.8) is 0 Å². The predicted octanol–water partition coefficient (Wildman–Crippen LogP) is -0.822. The minimum Gasteiger partial charge on any atom is -0.481 e. The maximum absolute atomic E-state index is 10.2. The molecule has 0 radical (unpaired) electrons. The van der Waals surface area contributed by atoms with E-state index in [-0.39, 0.29) is 6.15 Å². The maximum atomic E-state index is 10.2. The Morgan fingerprint density at radius 1 is 1.23 bits per heavy atom. The van der Waals surface area contributed by atoms with Crippen LogP contribution < -0.4 is 6.15 Å². The first-order valence-electron chi connectivity index (χ1n) is 2.66. The van der Waals surface area contributed by atoms with Crippen LogP contribution in [-0.4, -0.2) is 40.4 Å². The van der Waals surface area contributed by atoms with Crippen molar-refractivity contribution in [3.8, 4) is 0 Å². The average Bonchev–Trinajstić information content (AvgIpc) is 1.79. The second-order valence-corrected chi connectivity index (χ2v) is 3.54. The number of hydrogen-bond donors (Lipinski definition) is 4. The van der Waals surface area contributed by atoms with E-state index >= 15 is 0 Å². The Hall–Kier alpha value is -1.19. The van der Waals surface area contributed by atoms with Crippen LogP contribution >= 0.6 is 0 Å². The van der Waals surface area contributed by atoms with E-state index in [0.29, 0.717) is 0 Å². The Morgan fingerprint density at radius 2 is 1.62 bits per heavy atom. The van der Waals surface area contributed by atoms with Crippen LogP contribution in [0.25, 0.3) is 0 Å². The molecule has 0 aromatic heterocycles. The van der Waals surface area contributed by atoms with Crippen molar-refractivity contribution in [1.29, 1.82) is 0 Å². The zero-order valence-corrected chi connectivity index (χ0v) is 7.48. The van der Waals surface area contributed by atoms with E-state index in [4.69, 9.17) is 14.8 Å². The molecule has 1 atom stereocenters. The van der Waals surface area contributed by atoms with Crippen LogP contribution in [-0.2, 0) is 19.7 Å². The second-order valence-electron chi connectivity index (χ2n) is 1.94. The van der Waals surface area contributed by atoms with Crippen molar-refractivity contribution in [3.05, 3.63) is 0 Å². The topological polar surface area (TPSA) is 165 Å². The van der Waals surface area contributed by atoms with Gasteiger partial charge in [-0.25, -0.2) is 0 Å². The summed E-state index contributed by atoms with van der Waals surface area (Å²) in [6.45, 7) is 0. The van der Waals surface area contributed by atoms with E-state index in [0.717, 1.165) is 0 Å². The number of hydrogen-bond acceptors (Lipinski definition) is 4. The van der Waals surface area contributed by atoms with Gasteiger partial charge in [-0.1, -0.05) is 0 Å². The summed E-state index contributed by atoms with van der Waals surface area (Å²) in [5.41, 5.74) is 0. The van der Waals surface area contributed by atoms with Gasteiger partial charge >= 0.3 is 11.9 Å². The van der Waals surface area contributed by atoms with Crippen LogP contribution in [0.5, 0.6) is 0 Å². The minimum absolute atomic E-state index is 0. The highest BCUT2D eigenvalue weighted by Gasteiger charge is 2.33. The fraction of sp³-hybridized carbons (Fsp3) is 0.500. The fourth-order valence-electron chi connectivity index (χ4n) is 0.479. The molecule has 0 saturated heterocycles. The first-order chi connectivity index (χ1) is 5.25. The highest BCUT2D eigenvalue weighted by atomic mass is 32.2. The van der Waals surface area contributed by atoms with Crippen molar-refractivity contribution >= 4 is 22.1 Å². The van der Waals surface area contributed by atoms with Gasteiger partial charge in [-0.2, -0.15) is 8.42 Å². The molecule has 0 heterocycles. The lowest BCUT2D eigenvalue weighted by Gasteiger charge is -2.04. The van der Waals surface area contributed by atoms with Crippen LogP contribution in [0.15, 0.2) is 0 Å². The highest BCUT2D eigenvalue weighted by Crippen LogP contribution is 2.04. The normalized spacial score (nSPS) is 12.7. The van der Waals surface area contributed by atoms with Crippen molar-refractivity contribution < 1.29 is 32.8 Å². The van der Waals surface area contributed by atoms with Gasteiger partial charge < -0.3 is 16.4 Å². The van der Waals surface area contributed by atoms with Crippen molar-refractivity contribution in [1.82, 2.24) is 6.15 Å². The number of aliphatic carboxylic acids is 2. The summed E-state index contributed by atoms with van der Waals surface area (Å²) in [5, 5.41) is 13.9. The number of rotatable bonds is 4. The van der Waals surface area contributed by atoms with Gasteiger partial charge in [0.2, 0.25) is 0 Å². The van der Waals surface area contributed by atoms with Gasteiger partial charge in [-0.15, -0.1) is 0 Å². The molecule has 0 bridgehead atoms. The largest absolute Gasteiger partial charge is 0.481 e. The molecule has 0 aromatic rings. The van der Waals surface area contributed by atoms with Crippen LogP contribution in [0.3, 0.4) is 0 Å². The lowest BCUT2D eigenvalue weighted by Crippen LogP contribution is -2.31. The van der Waals surface area contributed by atoms with Gasteiger partial charge in [0, 0.05) is 0 Å². The summed E-state index contributed by atoms with van der Waals surface area (Å²) in [6.07, 6.45) is -1.16. The minimum atomic E-state index is -4.84. The van der Waals surface area contributed by atoms with Crippen molar-refractivity contribution in [2.24, 2.45) is 0 Å². The molecule has 7 N–H and O–H groups in total. The van der Waals surface area contributed by atoms with Gasteiger partial charge in [0.1, 0.15) is 0 Å². The Morgan fingerprint density at radius 3 is 1.69 bits per heavy atom. The zero-order valence-electron chi connectivity index (χ0n) is 6.67. The molecule has 0 aromatic carbocycles. The van der Waals surface area contributed by atoms with Crippen LogP contribution in [0, 0.1) is 0 Å². The molecule has 0 aliphatic heterocycles. The van der Waals surface area contributed by atoms with Gasteiger partial charge in [0.05, 0.1) is 6.42 Å². The second kappa shape index (κ2) is 4.74. The molecule has 0 rings (SSSR count). The van der Waals surface area contributed by atoms with E-state index in [2.05, 4.69) is 0 Å². The predicted molar refractivity (Wildman–Crippen MR) is 41.2 cm³/mol. The maximum Gasteiger partial charge on any atom is 0.325 e. The smallest absolute Gasteiger partial charge is 0.325 e. The van der Waals surface area contributed by atoms with Gasteiger partial charge in [-0.05, 0) is 0 Å².